The van der Waals surface area contributed by atoms with Gasteiger partial charge in [-0.3, -0.25) is 0 Å². The summed E-state index contributed by atoms with van der Waals surface area (Å²) in [5.74, 6) is 2.31. The third-order valence-corrected chi connectivity index (χ3v) is 6.50. The Morgan fingerprint density at radius 3 is 2.41 bits per heavy atom. The van der Waals surface area contributed by atoms with Gasteiger partial charge in [0.2, 0.25) is 0 Å². The summed E-state index contributed by atoms with van der Waals surface area (Å²) >= 11 is 5.93. The summed E-state index contributed by atoms with van der Waals surface area (Å²) in [5, 5.41) is 4.25. The maximum Gasteiger partial charge on any atom is 0.173 e. The van der Waals surface area contributed by atoms with Crippen molar-refractivity contribution in [2.24, 2.45) is 0 Å². The third kappa shape index (κ3) is 6.04. The smallest absolute Gasteiger partial charge is 0.173 e. The van der Waals surface area contributed by atoms with Gasteiger partial charge in [0.1, 0.15) is 5.75 Å². The molecule has 1 fully saturated rings. The predicted octanol–water partition coefficient (Wildman–Crippen LogP) is 4.36. The zero-order valence-corrected chi connectivity index (χ0v) is 20.6. The standard InChI is InChI=1S/C25H35N3O3S/c1-18-6-8-21(29-3)17-22(18)26-25(32)28(20-11-13-27(2)14-12-20)15-10-19-7-9-23(30-4)24(16-19)31-5/h6-9,16-17,20H,10-15H2,1-5H3,(H,26,32). The first-order chi connectivity index (χ1) is 15.4. The number of hydrogen-bond donors (Lipinski definition) is 1. The van der Waals surface area contributed by atoms with Gasteiger partial charge in [-0.1, -0.05) is 12.1 Å². The van der Waals surface area contributed by atoms with Crippen molar-refractivity contribution in [3.63, 3.8) is 0 Å². The fourth-order valence-electron chi connectivity index (χ4n) is 4.09. The first kappa shape index (κ1) is 24.1. The highest BCUT2D eigenvalue weighted by Gasteiger charge is 2.25. The molecule has 0 aliphatic carbocycles. The van der Waals surface area contributed by atoms with Crippen molar-refractivity contribution in [3.8, 4) is 17.2 Å². The molecule has 0 saturated carbocycles. The average Bonchev–Trinajstić information content (AvgIpc) is 2.81. The number of benzene rings is 2. The molecule has 1 N–H and O–H groups in total. The summed E-state index contributed by atoms with van der Waals surface area (Å²) in [5.41, 5.74) is 3.32. The molecule has 0 atom stereocenters. The van der Waals surface area contributed by atoms with Gasteiger partial charge in [0.25, 0.3) is 0 Å². The van der Waals surface area contributed by atoms with E-state index in [1.807, 2.05) is 30.3 Å². The maximum atomic E-state index is 5.93. The van der Waals surface area contributed by atoms with E-state index in [-0.39, 0.29) is 0 Å². The van der Waals surface area contributed by atoms with Crippen LogP contribution in [0.5, 0.6) is 17.2 Å². The number of piperidine rings is 1. The van der Waals surface area contributed by atoms with Crippen molar-refractivity contribution in [1.29, 1.82) is 0 Å². The van der Waals surface area contributed by atoms with Gasteiger partial charge in [-0.15, -0.1) is 0 Å². The summed E-state index contributed by atoms with van der Waals surface area (Å²) in [4.78, 5) is 4.74. The van der Waals surface area contributed by atoms with Crippen molar-refractivity contribution in [3.05, 3.63) is 47.5 Å². The maximum absolute atomic E-state index is 5.93. The minimum atomic E-state index is 0.414. The SMILES string of the molecule is COc1ccc(C)c(NC(=S)N(CCc2ccc(OC)c(OC)c2)C2CCN(C)CC2)c1. The summed E-state index contributed by atoms with van der Waals surface area (Å²) in [6.45, 7) is 5.07. The molecule has 6 nitrogen and oxygen atoms in total. The quantitative estimate of drug-likeness (QED) is 0.591. The Balaban J connectivity index is 1.77. The Morgan fingerprint density at radius 1 is 1.03 bits per heavy atom. The predicted molar refractivity (Wildman–Crippen MR) is 134 cm³/mol. The minimum Gasteiger partial charge on any atom is -0.497 e. The number of likely N-dealkylation sites (tertiary alicyclic amines) is 1. The molecule has 0 unspecified atom stereocenters. The summed E-state index contributed by atoms with van der Waals surface area (Å²) in [6, 6.07) is 12.5. The molecule has 2 aromatic carbocycles. The normalized spacial score (nSPS) is 14.7. The lowest BCUT2D eigenvalue weighted by atomic mass is 10.0. The molecule has 0 radical (unpaired) electrons. The van der Waals surface area contributed by atoms with E-state index in [9.17, 15) is 0 Å². The molecule has 0 spiro atoms. The highest BCUT2D eigenvalue weighted by atomic mass is 32.1. The Bertz CT molecular complexity index is 913. The van der Waals surface area contributed by atoms with Crippen LogP contribution in [0.2, 0.25) is 0 Å². The molecule has 0 bridgehead atoms. The molecular weight excluding hydrogens is 422 g/mol. The number of nitrogens with zero attached hydrogens (tertiary/aromatic N) is 2. The van der Waals surface area contributed by atoms with Crippen LogP contribution in [0.4, 0.5) is 5.69 Å². The van der Waals surface area contributed by atoms with Crippen LogP contribution in [-0.2, 0) is 6.42 Å². The van der Waals surface area contributed by atoms with Crippen molar-refractivity contribution >= 4 is 23.0 Å². The largest absolute Gasteiger partial charge is 0.497 e. The highest BCUT2D eigenvalue weighted by molar-refractivity contribution is 7.80. The molecule has 1 aliphatic heterocycles. The Hall–Kier alpha value is -2.51. The van der Waals surface area contributed by atoms with Gasteiger partial charge in [-0.25, -0.2) is 0 Å². The monoisotopic (exact) mass is 457 g/mol. The van der Waals surface area contributed by atoms with Crippen LogP contribution in [0.1, 0.15) is 24.0 Å². The Kier molecular flexibility index (Phi) is 8.59. The van der Waals surface area contributed by atoms with E-state index in [4.69, 9.17) is 26.4 Å². The second-order valence-electron chi connectivity index (χ2n) is 8.28. The molecule has 32 heavy (non-hydrogen) atoms. The molecule has 174 valence electrons. The Labute approximate surface area is 197 Å². The van der Waals surface area contributed by atoms with Crippen LogP contribution < -0.4 is 19.5 Å². The molecule has 1 aliphatic rings. The molecule has 2 aromatic rings. The van der Waals surface area contributed by atoms with E-state index in [1.165, 1.54) is 5.56 Å². The zero-order chi connectivity index (χ0) is 23.1. The van der Waals surface area contributed by atoms with Gasteiger partial charge >= 0.3 is 0 Å². The number of hydrogen-bond acceptors (Lipinski definition) is 5. The lowest BCUT2D eigenvalue weighted by Crippen LogP contribution is -2.48. The first-order valence-corrected chi connectivity index (χ1v) is 11.5. The summed E-state index contributed by atoms with van der Waals surface area (Å²) < 4.78 is 16.3. The number of ether oxygens (including phenoxy) is 3. The van der Waals surface area contributed by atoms with Crippen molar-refractivity contribution in [1.82, 2.24) is 9.80 Å². The molecule has 1 heterocycles. The van der Waals surface area contributed by atoms with Gasteiger partial charge < -0.3 is 29.3 Å². The number of rotatable bonds is 8. The van der Waals surface area contributed by atoms with E-state index < -0.39 is 0 Å². The van der Waals surface area contributed by atoms with Crippen molar-refractivity contribution in [2.45, 2.75) is 32.2 Å². The molecule has 1 saturated heterocycles. The van der Waals surface area contributed by atoms with Crippen LogP contribution in [-0.4, -0.2) is 69.0 Å². The number of methoxy groups -OCH3 is 3. The number of anilines is 1. The van der Waals surface area contributed by atoms with Crippen LogP contribution in [0.15, 0.2) is 36.4 Å². The topological polar surface area (TPSA) is 46.2 Å². The Morgan fingerprint density at radius 2 is 1.75 bits per heavy atom. The van der Waals surface area contributed by atoms with Gasteiger partial charge in [0.15, 0.2) is 16.6 Å². The lowest BCUT2D eigenvalue weighted by molar-refractivity contribution is 0.178. The molecular formula is C25H35N3O3S. The van der Waals surface area contributed by atoms with Crippen LogP contribution >= 0.6 is 12.2 Å². The van der Waals surface area contributed by atoms with Crippen LogP contribution in [0.3, 0.4) is 0 Å². The van der Waals surface area contributed by atoms with Crippen LogP contribution in [0, 0.1) is 6.92 Å². The second-order valence-corrected chi connectivity index (χ2v) is 8.66. The molecule has 0 aromatic heterocycles. The summed E-state index contributed by atoms with van der Waals surface area (Å²) in [7, 11) is 7.19. The highest BCUT2D eigenvalue weighted by Crippen LogP contribution is 2.28. The second kappa shape index (κ2) is 11.4. The lowest BCUT2D eigenvalue weighted by Gasteiger charge is -2.39. The number of thiocarbonyl (C=S) groups is 1. The van der Waals surface area contributed by atoms with Gasteiger partial charge in [0, 0.05) is 24.3 Å². The summed E-state index contributed by atoms with van der Waals surface area (Å²) in [6.07, 6.45) is 3.06. The minimum absolute atomic E-state index is 0.414. The van der Waals surface area contributed by atoms with Crippen molar-refractivity contribution in [2.75, 3.05) is 53.3 Å². The fourth-order valence-corrected chi connectivity index (χ4v) is 4.44. The van der Waals surface area contributed by atoms with Gasteiger partial charge in [-0.05, 0) is 87.9 Å². The van der Waals surface area contributed by atoms with Crippen LogP contribution in [0.25, 0.3) is 0 Å². The van der Waals surface area contributed by atoms with Crippen molar-refractivity contribution < 1.29 is 14.2 Å². The molecule has 7 heteroatoms. The van der Waals surface area contributed by atoms with E-state index in [2.05, 4.69) is 35.2 Å². The van der Waals surface area contributed by atoms with E-state index >= 15 is 0 Å². The zero-order valence-electron chi connectivity index (χ0n) is 19.8. The van der Waals surface area contributed by atoms with E-state index in [0.29, 0.717) is 6.04 Å². The number of aryl methyl sites for hydroxylation is 1. The van der Waals surface area contributed by atoms with E-state index in [0.717, 1.165) is 72.5 Å². The fraction of sp³-hybridized carbons (Fsp3) is 0.480. The average molecular weight is 458 g/mol. The third-order valence-electron chi connectivity index (χ3n) is 6.17. The first-order valence-electron chi connectivity index (χ1n) is 11.1. The van der Waals surface area contributed by atoms with E-state index in [1.54, 1.807) is 21.3 Å². The molecule has 0 amide bonds. The van der Waals surface area contributed by atoms with Gasteiger partial charge in [0.05, 0.1) is 21.3 Å². The van der Waals surface area contributed by atoms with Gasteiger partial charge in [-0.2, -0.15) is 0 Å². The number of nitrogens with one attached hydrogen (secondary N) is 1. The molecule has 3 rings (SSSR count).